The predicted molar refractivity (Wildman–Crippen MR) is 74.1 cm³/mol. The molecule has 0 heteroatoms. The minimum Gasteiger partial charge on any atom is -0.0642 e. The van der Waals surface area contributed by atoms with Gasteiger partial charge in [-0.2, -0.15) is 0 Å². The standard InChI is InChI=1S/C17H22/c1-3-17(4-2)15-11-7-5-9-13(15)14-10-6-8-12-16(14)17/h5,7,9,11H,3-4,6,8,10,12H2,1-2H3. The lowest BCUT2D eigenvalue weighted by Gasteiger charge is -2.33. The number of allylic oxidation sites excluding steroid dienone is 2. The van der Waals surface area contributed by atoms with Crippen molar-refractivity contribution in [2.45, 2.75) is 57.8 Å². The van der Waals surface area contributed by atoms with Crippen LogP contribution in [-0.4, -0.2) is 0 Å². The monoisotopic (exact) mass is 226 g/mol. The third-order valence-corrected chi connectivity index (χ3v) is 5.02. The van der Waals surface area contributed by atoms with Gasteiger partial charge in [-0.25, -0.2) is 0 Å². The molecule has 0 N–H and O–H groups in total. The molecule has 0 nitrogen and oxygen atoms in total. The second-order valence-corrected chi connectivity index (χ2v) is 5.50. The number of fused-ring (bicyclic) bond motifs is 2. The molecule has 0 aliphatic heterocycles. The van der Waals surface area contributed by atoms with E-state index in [9.17, 15) is 0 Å². The van der Waals surface area contributed by atoms with Gasteiger partial charge in [-0.05, 0) is 55.2 Å². The second kappa shape index (κ2) is 4.01. The van der Waals surface area contributed by atoms with E-state index in [0.717, 1.165) is 0 Å². The van der Waals surface area contributed by atoms with Crippen molar-refractivity contribution in [2.24, 2.45) is 0 Å². The molecule has 0 spiro atoms. The van der Waals surface area contributed by atoms with E-state index in [4.69, 9.17) is 0 Å². The normalized spacial score (nSPS) is 21.3. The van der Waals surface area contributed by atoms with E-state index in [1.165, 1.54) is 38.5 Å². The first-order valence-electron chi connectivity index (χ1n) is 7.16. The topological polar surface area (TPSA) is 0 Å². The highest BCUT2D eigenvalue weighted by molar-refractivity contribution is 5.81. The van der Waals surface area contributed by atoms with Gasteiger partial charge in [0.05, 0.1) is 0 Å². The molecule has 2 aliphatic carbocycles. The highest BCUT2D eigenvalue weighted by Crippen LogP contribution is 2.54. The Bertz CT molecular complexity index is 461. The van der Waals surface area contributed by atoms with Crippen molar-refractivity contribution < 1.29 is 0 Å². The summed E-state index contributed by atoms with van der Waals surface area (Å²) in [6.07, 6.45) is 7.96. The fourth-order valence-electron chi connectivity index (χ4n) is 4.11. The van der Waals surface area contributed by atoms with Crippen LogP contribution < -0.4 is 0 Å². The molecule has 17 heavy (non-hydrogen) atoms. The van der Waals surface area contributed by atoms with Crippen LogP contribution in [0.25, 0.3) is 5.57 Å². The maximum Gasteiger partial charge on any atom is 0.0168 e. The molecule has 1 aromatic carbocycles. The summed E-state index contributed by atoms with van der Waals surface area (Å²) in [4.78, 5) is 0. The Morgan fingerprint density at radius 3 is 2.47 bits per heavy atom. The van der Waals surface area contributed by atoms with Crippen molar-refractivity contribution in [3.63, 3.8) is 0 Å². The highest BCUT2D eigenvalue weighted by Gasteiger charge is 2.42. The van der Waals surface area contributed by atoms with Crippen LogP contribution in [0.5, 0.6) is 0 Å². The smallest absolute Gasteiger partial charge is 0.0168 e. The van der Waals surface area contributed by atoms with Crippen LogP contribution in [0.4, 0.5) is 0 Å². The van der Waals surface area contributed by atoms with Gasteiger partial charge < -0.3 is 0 Å². The summed E-state index contributed by atoms with van der Waals surface area (Å²) < 4.78 is 0. The van der Waals surface area contributed by atoms with Gasteiger partial charge in [0.2, 0.25) is 0 Å². The average Bonchev–Trinajstić information content (AvgIpc) is 2.70. The van der Waals surface area contributed by atoms with Gasteiger partial charge in [0.25, 0.3) is 0 Å². The van der Waals surface area contributed by atoms with Crippen molar-refractivity contribution in [1.29, 1.82) is 0 Å². The van der Waals surface area contributed by atoms with Crippen LogP contribution in [0.1, 0.15) is 63.5 Å². The SMILES string of the molecule is CCC1(CC)C2=C(CCCC2)c2ccccc21. The first kappa shape index (κ1) is 11.1. The van der Waals surface area contributed by atoms with Crippen molar-refractivity contribution in [3.8, 4) is 0 Å². The first-order chi connectivity index (χ1) is 8.33. The molecule has 0 heterocycles. The lowest BCUT2D eigenvalue weighted by Crippen LogP contribution is -2.25. The summed E-state index contributed by atoms with van der Waals surface area (Å²) in [6.45, 7) is 4.73. The summed E-state index contributed by atoms with van der Waals surface area (Å²) in [6, 6.07) is 9.15. The van der Waals surface area contributed by atoms with Crippen LogP contribution >= 0.6 is 0 Å². The molecule has 90 valence electrons. The molecule has 0 saturated heterocycles. The fourth-order valence-corrected chi connectivity index (χ4v) is 4.11. The molecule has 0 amide bonds. The summed E-state index contributed by atoms with van der Waals surface area (Å²) in [7, 11) is 0. The zero-order chi connectivity index (χ0) is 11.9. The molecule has 0 unspecified atom stereocenters. The van der Waals surface area contributed by atoms with Gasteiger partial charge in [0, 0.05) is 5.41 Å². The Kier molecular flexibility index (Phi) is 2.61. The maximum atomic E-state index is 2.38. The number of rotatable bonds is 2. The first-order valence-corrected chi connectivity index (χ1v) is 7.16. The number of benzene rings is 1. The summed E-state index contributed by atoms with van der Waals surface area (Å²) in [5, 5.41) is 0. The Morgan fingerprint density at radius 2 is 1.71 bits per heavy atom. The third-order valence-electron chi connectivity index (χ3n) is 5.02. The Morgan fingerprint density at radius 1 is 1.00 bits per heavy atom. The lowest BCUT2D eigenvalue weighted by atomic mass is 9.70. The summed E-state index contributed by atoms with van der Waals surface area (Å²) in [5.74, 6) is 0. The molecule has 1 aromatic rings. The van der Waals surface area contributed by atoms with Gasteiger partial charge in [-0.1, -0.05) is 43.7 Å². The molecule has 0 atom stereocenters. The van der Waals surface area contributed by atoms with Crippen LogP contribution in [0, 0.1) is 0 Å². The Hall–Kier alpha value is -1.04. The summed E-state index contributed by atoms with van der Waals surface area (Å²) in [5.41, 5.74) is 7.07. The molecule has 0 saturated carbocycles. The predicted octanol–water partition coefficient (Wildman–Crippen LogP) is 5.09. The van der Waals surface area contributed by atoms with E-state index in [2.05, 4.69) is 38.1 Å². The molecule has 0 fully saturated rings. The fraction of sp³-hybridized carbons (Fsp3) is 0.529. The molecule has 0 aromatic heterocycles. The molecule has 2 aliphatic rings. The average molecular weight is 226 g/mol. The van der Waals surface area contributed by atoms with E-state index < -0.39 is 0 Å². The largest absolute Gasteiger partial charge is 0.0642 e. The molecule has 0 bridgehead atoms. The molecule has 0 radical (unpaired) electrons. The maximum absolute atomic E-state index is 2.38. The molecular formula is C17H22. The third kappa shape index (κ3) is 1.36. The van der Waals surface area contributed by atoms with Gasteiger partial charge in [0.1, 0.15) is 0 Å². The minimum atomic E-state index is 0.381. The zero-order valence-corrected chi connectivity index (χ0v) is 11.1. The van der Waals surface area contributed by atoms with E-state index in [0.29, 0.717) is 5.41 Å². The van der Waals surface area contributed by atoms with E-state index in [1.54, 1.807) is 22.3 Å². The molecule has 3 rings (SSSR count). The van der Waals surface area contributed by atoms with Gasteiger partial charge in [-0.3, -0.25) is 0 Å². The van der Waals surface area contributed by atoms with Gasteiger partial charge >= 0.3 is 0 Å². The number of hydrogen-bond acceptors (Lipinski definition) is 0. The quantitative estimate of drug-likeness (QED) is 0.659. The van der Waals surface area contributed by atoms with Crippen molar-refractivity contribution in [3.05, 3.63) is 41.0 Å². The van der Waals surface area contributed by atoms with Crippen LogP contribution in [0.2, 0.25) is 0 Å². The zero-order valence-electron chi connectivity index (χ0n) is 11.1. The highest BCUT2D eigenvalue weighted by atomic mass is 14.5. The van der Waals surface area contributed by atoms with Crippen molar-refractivity contribution in [2.75, 3.05) is 0 Å². The Labute approximate surface area is 105 Å². The van der Waals surface area contributed by atoms with Crippen LogP contribution in [0.3, 0.4) is 0 Å². The molecular weight excluding hydrogens is 204 g/mol. The summed E-state index contributed by atoms with van der Waals surface area (Å²) >= 11 is 0. The van der Waals surface area contributed by atoms with Crippen molar-refractivity contribution in [1.82, 2.24) is 0 Å². The lowest BCUT2D eigenvalue weighted by molar-refractivity contribution is 0.451. The van der Waals surface area contributed by atoms with Crippen LogP contribution in [-0.2, 0) is 5.41 Å². The van der Waals surface area contributed by atoms with Gasteiger partial charge in [-0.15, -0.1) is 0 Å². The second-order valence-electron chi connectivity index (χ2n) is 5.50. The van der Waals surface area contributed by atoms with E-state index in [1.807, 2.05) is 0 Å². The van der Waals surface area contributed by atoms with E-state index >= 15 is 0 Å². The van der Waals surface area contributed by atoms with E-state index in [-0.39, 0.29) is 0 Å². The van der Waals surface area contributed by atoms with Crippen molar-refractivity contribution >= 4 is 5.57 Å². The Balaban J connectivity index is 2.24. The minimum absolute atomic E-state index is 0.381. The number of hydrogen-bond donors (Lipinski definition) is 0. The van der Waals surface area contributed by atoms with Gasteiger partial charge in [0.15, 0.2) is 0 Å². The van der Waals surface area contributed by atoms with Crippen LogP contribution in [0.15, 0.2) is 29.8 Å².